The second-order valence-electron chi connectivity index (χ2n) is 5.91. The van der Waals surface area contributed by atoms with E-state index in [0.29, 0.717) is 17.1 Å². The molecule has 1 heterocycles. The fourth-order valence-corrected chi connectivity index (χ4v) is 3.09. The van der Waals surface area contributed by atoms with Gasteiger partial charge in [-0.2, -0.15) is 0 Å². The highest BCUT2D eigenvalue weighted by atomic mass is 16.5. The zero-order valence-electron chi connectivity index (χ0n) is 14.0. The SMILES string of the molecule is COc1ccccc1N[C@@H]1CC(=O)N(c2c(C)cccc2C)C1=O. The van der Waals surface area contributed by atoms with Gasteiger partial charge in [-0.05, 0) is 37.1 Å². The molecule has 0 aromatic heterocycles. The quantitative estimate of drug-likeness (QED) is 0.878. The van der Waals surface area contributed by atoms with Crippen molar-refractivity contribution in [3.8, 4) is 5.75 Å². The summed E-state index contributed by atoms with van der Waals surface area (Å²) in [4.78, 5) is 26.6. The third-order valence-corrected chi connectivity index (χ3v) is 4.25. The van der Waals surface area contributed by atoms with E-state index in [9.17, 15) is 9.59 Å². The van der Waals surface area contributed by atoms with Gasteiger partial charge in [-0.1, -0.05) is 30.3 Å². The predicted molar refractivity (Wildman–Crippen MR) is 93.4 cm³/mol. The zero-order valence-corrected chi connectivity index (χ0v) is 14.0. The van der Waals surface area contributed by atoms with Gasteiger partial charge in [0.1, 0.15) is 11.8 Å². The van der Waals surface area contributed by atoms with Crippen LogP contribution in [-0.2, 0) is 9.59 Å². The van der Waals surface area contributed by atoms with Gasteiger partial charge in [0.05, 0.1) is 24.9 Å². The molecule has 1 aliphatic rings. The van der Waals surface area contributed by atoms with Gasteiger partial charge in [0, 0.05) is 0 Å². The van der Waals surface area contributed by atoms with Gasteiger partial charge >= 0.3 is 0 Å². The second-order valence-corrected chi connectivity index (χ2v) is 5.91. The Balaban J connectivity index is 1.90. The number of benzene rings is 2. The summed E-state index contributed by atoms with van der Waals surface area (Å²) in [6.07, 6.45) is 0.130. The van der Waals surface area contributed by atoms with Gasteiger partial charge < -0.3 is 10.1 Å². The predicted octanol–water partition coefficient (Wildman–Crippen LogP) is 3.06. The smallest absolute Gasteiger partial charge is 0.256 e. The molecule has 5 heteroatoms. The Morgan fingerprint density at radius 2 is 1.71 bits per heavy atom. The van der Waals surface area contributed by atoms with Crippen LogP contribution in [0.4, 0.5) is 11.4 Å². The number of rotatable bonds is 4. The van der Waals surface area contributed by atoms with Crippen molar-refractivity contribution in [2.24, 2.45) is 0 Å². The van der Waals surface area contributed by atoms with Crippen LogP contribution >= 0.6 is 0 Å². The molecular formula is C19H20N2O3. The minimum Gasteiger partial charge on any atom is -0.495 e. The van der Waals surface area contributed by atoms with Crippen molar-refractivity contribution >= 4 is 23.2 Å². The van der Waals surface area contributed by atoms with Crippen molar-refractivity contribution < 1.29 is 14.3 Å². The van der Waals surface area contributed by atoms with Crippen LogP contribution in [0.1, 0.15) is 17.5 Å². The van der Waals surface area contributed by atoms with Crippen LogP contribution < -0.4 is 15.0 Å². The topological polar surface area (TPSA) is 58.6 Å². The Bertz CT molecular complexity index is 781. The van der Waals surface area contributed by atoms with E-state index in [2.05, 4.69) is 5.32 Å². The molecule has 24 heavy (non-hydrogen) atoms. The molecule has 1 fully saturated rings. The summed E-state index contributed by atoms with van der Waals surface area (Å²) in [7, 11) is 1.57. The molecule has 0 unspecified atom stereocenters. The van der Waals surface area contributed by atoms with Crippen LogP contribution in [0.5, 0.6) is 5.75 Å². The van der Waals surface area contributed by atoms with Crippen LogP contribution in [0.3, 0.4) is 0 Å². The lowest BCUT2D eigenvalue weighted by atomic mass is 10.1. The number of hydrogen-bond donors (Lipinski definition) is 1. The zero-order chi connectivity index (χ0) is 17.3. The highest BCUT2D eigenvalue weighted by molar-refractivity contribution is 6.23. The molecule has 0 radical (unpaired) electrons. The molecular weight excluding hydrogens is 304 g/mol. The van der Waals surface area contributed by atoms with E-state index in [1.165, 1.54) is 4.90 Å². The van der Waals surface area contributed by atoms with Crippen LogP contribution in [0, 0.1) is 13.8 Å². The number of anilines is 2. The molecule has 1 atom stereocenters. The Kier molecular flexibility index (Phi) is 4.25. The number of nitrogens with one attached hydrogen (secondary N) is 1. The number of methoxy groups -OCH3 is 1. The van der Waals surface area contributed by atoms with Crippen LogP contribution in [0.25, 0.3) is 0 Å². The first-order chi connectivity index (χ1) is 11.5. The fourth-order valence-electron chi connectivity index (χ4n) is 3.09. The third-order valence-electron chi connectivity index (χ3n) is 4.25. The maximum atomic E-state index is 12.8. The Morgan fingerprint density at radius 3 is 2.38 bits per heavy atom. The lowest BCUT2D eigenvalue weighted by molar-refractivity contribution is -0.121. The fraction of sp³-hybridized carbons (Fsp3) is 0.263. The van der Waals surface area contributed by atoms with Crippen molar-refractivity contribution in [3.63, 3.8) is 0 Å². The molecule has 1 saturated heterocycles. The number of carbonyl (C=O) groups is 2. The number of amides is 2. The molecule has 3 rings (SSSR count). The van der Waals surface area contributed by atoms with Gasteiger partial charge in [0.15, 0.2) is 0 Å². The molecule has 0 bridgehead atoms. The maximum absolute atomic E-state index is 12.8. The third kappa shape index (κ3) is 2.73. The number of hydrogen-bond acceptors (Lipinski definition) is 4. The average Bonchev–Trinajstić information content (AvgIpc) is 2.83. The average molecular weight is 324 g/mol. The molecule has 2 aromatic rings. The van der Waals surface area contributed by atoms with E-state index >= 15 is 0 Å². The Labute approximate surface area is 141 Å². The molecule has 5 nitrogen and oxygen atoms in total. The van der Waals surface area contributed by atoms with Gasteiger partial charge in [0.25, 0.3) is 5.91 Å². The Morgan fingerprint density at radius 1 is 1.04 bits per heavy atom. The molecule has 1 N–H and O–H groups in total. The summed E-state index contributed by atoms with van der Waals surface area (Å²) in [6.45, 7) is 3.81. The normalized spacial score (nSPS) is 17.3. The van der Waals surface area contributed by atoms with Crippen LogP contribution in [0.15, 0.2) is 42.5 Å². The number of imide groups is 1. The van der Waals surface area contributed by atoms with Gasteiger partial charge in [-0.15, -0.1) is 0 Å². The van der Waals surface area contributed by atoms with E-state index in [1.54, 1.807) is 7.11 Å². The molecule has 0 aliphatic carbocycles. The van der Waals surface area contributed by atoms with Gasteiger partial charge in [-0.25, -0.2) is 4.90 Å². The number of para-hydroxylation sites is 3. The largest absolute Gasteiger partial charge is 0.495 e. The van der Waals surface area contributed by atoms with E-state index in [-0.39, 0.29) is 18.2 Å². The standard InChI is InChI=1S/C19H20N2O3/c1-12-7-6-8-13(2)18(12)21-17(22)11-15(19(21)23)20-14-9-4-5-10-16(14)24-3/h4-10,15,20H,11H2,1-3H3/t15-/m1/s1. The highest BCUT2D eigenvalue weighted by Gasteiger charge is 2.40. The van der Waals surface area contributed by atoms with E-state index in [0.717, 1.165) is 11.1 Å². The first-order valence-electron chi connectivity index (χ1n) is 7.85. The highest BCUT2D eigenvalue weighted by Crippen LogP contribution is 2.32. The Hall–Kier alpha value is -2.82. The van der Waals surface area contributed by atoms with Crippen LogP contribution in [0.2, 0.25) is 0 Å². The molecule has 0 saturated carbocycles. The number of carbonyl (C=O) groups excluding carboxylic acids is 2. The maximum Gasteiger partial charge on any atom is 0.256 e. The lowest BCUT2D eigenvalue weighted by Gasteiger charge is -2.20. The summed E-state index contributed by atoms with van der Waals surface area (Å²) in [5.41, 5.74) is 3.22. The summed E-state index contributed by atoms with van der Waals surface area (Å²) >= 11 is 0. The van der Waals surface area contributed by atoms with Crippen LogP contribution in [-0.4, -0.2) is 25.0 Å². The van der Waals surface area contributed by atoms with Crippen molar-refractivity contribution in [1.82, 2.24) is 0 Å². The molecule has 2 amide bonds. The molecule has 2 aromatic carbocycles. The minimum absolute atomic E-state index is 0.130. The lowest BCUT2D eigenvalue weighted by Crippen LogP contribution is -2.35. The van der Waals surface area contributed by atoms with Crippen molar-refractivity contribution in [3.05, 3.63) is 53.6 Å². The van der Waals surface area contributed by atoms with E-state index in [1.807, 2.05) is 56.3 Å². The molecule has 124 valence electrons. The summed E-state index contributed by atoms with van der Waals surface area (Å²) in [5, 5.41) is 3.14. The number of aryl methyl sites for hydroxylation is 2. The van der Waals surface area contributed by atoms with Gasteiger partial charge in [-0.3, -0.25) is 9.59 Å². The summed E-state index contributed by atoms with van der Waals surface area (Å²) in [6, 6.07) is 12.5. The summed E-state index contributed by atoms with van der Waals surface area (Å²) < 4.78 is 5.30. The first-order valence-corrected chi connectivity index (χ1v) is 7.85. The monoisotopic (exact) mass is 324 g/mol. The van der Waals surface area contributed by atoms with E-state index < -0.39 is 6.04 Å². The van der Waals surface area contributed by atoms with Crippen molar-refractivity contribution in [1.29, 1.82) is 0 Å². The summed E-state index contributed by atoms with van der Waals surface area (Å²) in [5.74, 6) is 0.219. The van der Waals surface area contributed by atoms with Crippen molar-refractivity contribution in [2.45, 2.75) is 26.3 Å². The second kappa shape index (κ2) is 6.35. The van der Waals surface area contributed by atoms with Gasteiger partial charge in [0.2, 0.25) is 5.91 Å². The number of ether oxygens (including phenoxy) is 1. The number of nitrogens with zero attached hydrogens (tertiary/aromatic N) is 1. The molecule has 0 spiro atoms. The first kappa shape index (κ1) is 16.1. The minimum atomic E-state index is -0.590. The van der Waals surface area contributed by atoms with Crippen molar-refractivity contribution in [2.75, 3.05) is 17.3 Å². The van der Waals surface area contributed by atoms with E-state index in [4.69, 9.17) is 4.74 Å². The molecule has 1 aliphatic heterocycles.